The lowest BCUT2D eigenvalue weighted by Gasteiger charge is -2.47. The smallest absolute Gasteiger partial charge is 0.162 e. The molecule has 5 rings (SSSR count). The number of hydrogen-bond acceptors (Lipinski definition) is 7. The summed E-state index contributed by atoms with van der Waals surface area (Å²) in [5, 5.41) is 3.58. The van der Waals surface area contributed by atoms with Crippen molar-refractivity contribution in [2.75, 3.05) is 38.7 Å². The van der Waals surface area contributed by atoms with Gasteiger partial charge in [0.2, 0.25) is 0 Å². The van der Waals surface area contributed by atoms with Gasteiger partial charge in [-0.25, -0.2) is 18.7 Å². The molecule has 2 atom stereocenters. The number of methoxy groups -OCH3 is 1. The molecule has 2 aliphatic heterocycles. The van der Waals surface area contributed by atoms with Crippen LogP contribution < -0.4 is 14.8 Å². The maximum Gasteiger partial charge on any atom is 0.162 e. The first-order valence-corrected chi connectivity index (χ1v) is 12.0. The highest BCUT2D eigenvalue weighted by Crippen LogP contribution is 2.40. The number of fused-ring (bicyclic) bond motifs is 1. The largest absolute Gasteiger partial charge is 0.493 e. The maximum atomic E-state index is 16.1. The Bertz CT molecular complexity index is 1310. The Morgan fingerprint density at radius 1 is 1.28 bits per heavy atom. The third kappa shape index (κ3) is 4.43. The van der Waals surface area contributed by atoms with Crippen molar-refractivity contribution in [1.82, 2.24) is 14.9 Å². The number of ether oxygens (including phenoxy) is 3. The van der Waals surface area contributed by atoms with Crippen molar-refractivity contribution in [3.8, 4) is 23.8 Å². The molecule has 9 heteroatoms. The Balaban J connectivity index is 1.47. The minimum Gasteiger partial charge on any atom is -0.493 e. The van der Waals surface area contributed by atoms with E-state index in [-0.39, 0.29) is 17.3 Å². The minimum absolute atomic E-state index is 0.141. The molecule has 0 saturated carbocycles. The molecule has 3 aromatic rings. The summed E-state index contributed by atoms with van der Waals surface area (Å²) in [6, 6.07) is 8.44. The number of benzene rings is 2. The molecule has 1 N–H and O–H groups in total. The average Bonchev–Trinajstić information content (AvgIpc) is 2.85. The molecule has 1 unspecified atom stereocenters. The molecule has 2 aromatic carbocycles. The fraction of sp³-hybridized carbons (Fsp3) is 0.407. The predicted molar refractivity (Wildman–Crippen MR) is 133 cm³/mol. The van der Waals surface area contributed by atoms with Crippen molar-refractivity contribution < 1.29 is 23.0 Å². The number of anilines is 2. The lowest BCUT2D eigenvalue weighted by Crippen LogP contribution is -2.61. The van der Waals surface area contributed by atoms with Gasteiger partial charge in [0.1, 0.15) is 18.2 Å². The summed E-state index contributed by atoms with van der Waals surface area (Å²) < 4.78 is 48.0. The number of halogens is 2. The van der Waals surface area contributed by atoms with Crippen LogP contribution in [-0.4, -0.2) is 66.1 Å². The summed E-state index contributed by atoms with van der Waals surface area (Å²) in [7, 11) is 1.52. The second-order valence-electron chi connectivity index (χ2n) is 9.12. The van der Waals surface area contributed by atoms with Crippen LogP contribution in [0.3, 0.4) is 0 Å². The van der Waals surface area contributed by atoms with Gasteiger partial charge in [-0.1, -0.05) is 18.9 Å². The first-order chi connectivity index (χ1) is 17.5. The molecule has 2 fully saturated rings. The van der Waals surface area contributed by atoms with Gasteiger partial charge in [-0.2, -0.15) is 0 Å². The maximum absolute atomic E-state index is 16.1. The van der Waals surface area contributed by atoms with E-state index < -0.39 is 17.6 Å². The number of alkyl halides is 1. The van der Waals surface area contributed by atoms with Gasteiger partial charge >= 0.3 is 0 Å². The van der Waals surface area contributed by atoms with Crippen LogP contribution in [-0.2, 0) is 4.74 Å². The van der Waals surface area contributed by atoms with Crippen molar-refractivity contribution in [2.45, 2.75) is 37.6 Å². The van der Waals surface area contributed by atoms with Crippen LogP contribution in [0.25, 0.3) is 10.9 Å². The van der Waals surface area contributed by atoms with Gasteiger partial charge in [0.15, 0.2) is 23.0 Å². The Hall–Kier alpha value is -3.48. The van der Waals surface area contributed by atoms with Crippen LogP contribution in [0.15, 0.2) is 36.7 Å². The zero-order chi connectivity index (χ0) is 25.3. The summed E-state index contributed by atoms with van der Waals surface area (Å²) in [5.74, 6) is 2.95. The zero-order valence-electron chi connectivity index (χ0n) is 20.3. The Labute approximate surface area is 208 Å². The van der Waals surface area contributed by atoms with E-state index in [1.165, 1.54) is 19.5 Å². The van der Waals surface area contributed by atoms with Crippen LogP contribution in [0.4, 0.5) is 20.3 Å². The summed E-state index contributed by atoms with van der Waals surface area (Å²) in [6.07, 6.45) is 6.96. The molecule has 0 radical (unpaired) electrons. The third-order valence-corrected chi connectivity index (χ3v) is 7.04. The molecule has 3 heterocycles. The lowest BCUT2D eigenvalue weighted by molar-refractivity contribution is -0.122. The Morgan fingerprint density at radius 2 is 2.11 bits per heavy atom. The molecule has 2 aliphatic rings. The topological polar surface area (TPSA) is 68.7 Å². The first kappa shape index (κ1) is 24.2. The second-order valence-corrected chi connectivity index (χ2v) is 9.12. The molecule has 0 aliphatic carbocycles. The SMILES string of the molecule is C#Cc1cccc(Nc2ncnc3cc(OC)c(O[C@@H]4CCN(C5COC5)CC4(F)CC)cc23)c1F. The second kappa shape index (κ2) is 9.88. The van der Waals surface area contributed by atoms with Crippen LogP contribution in [0.1, 0.15) is 25.3 Å². The van der Waals surface area contributed by atoms with Crippen molar-refractivity contribution >= 4 is 22.4 Å². The summed E-state index contributed by atoms with van der Waals surface area (Å²) >= 11 is 0. The summed E-state index contributed by atoms with van der Waals surface area (Å²) in [6.45, 7) is 4.14. The van der Waals surface area contributed by atoms with E-state index in [9.17, 15) is 4.39 Å². The number of piperidine rings is 1. The quantitative estimate of drug-likeness (QED) is 0.486. The molecular formula is C27H28F2N4O3. The van der Waals surface area contributed by atoms with Crippen molar-refractivity contribution in [3.05, 3.63) is 48.0 Å². The molecule has 7 nitrogen and oxygen atoms in total. The van der Waals surface area contributed by atoms with Crippen LogP contribution >= 0.6 is 0 Å². The van der Waals surface area contributed by atoms with E-state index in [1.54, 1.807) is 24.3 Å². The van der Waals surface area contributed by atoms with Gasteiger partial charge in [0.25, 0.3) is 0 Å². The summed E-state index contributed by atoms with van der Waals surface area (Å²) in [5.41, 5.74) is -0.638. The van der Waals surface area contributed by atoms with Crippen molar-refractivity contribution in [2.24, 2.45) is 0 Å². The zero-order valence-corrected chi connectivity index (χ0v) is 20.3. The third-order valence-electron chi connectivity index (χ3n) is 7.04. The van der Waals surface area contributed by atoms with Crippen molar-refractivity contribution in [1.29, 1.82) is 0 Å². The van der Waals surface area contributed by atoms with E-state index in [1.807, 2.05) is 6.92 Å². The molecular weight excluding hydrogens is 466 g/mol. The highest BCUT2D eigenvalue weighted by atomic mass is 19.1. The van der Waals surface area contributed by atoms with Crippen LogP contribution in [0, 0.1) is 18.2 Å². The van der Waals surface area contributed by atoms with E-state index >= 15 is 4.39 Å². The highest BCUT2D eigenvalue weighted by molar-refractivity contribution is 5.93. The highest BCUT2D eigenvalue weighted by Gasteiger charge is 2.47. The fourth-order valence-corrected chi connectivity index (χ4v) is 4.75. The number of rotatable bonds is 7. The fourth-order valence-electron chi connectivity index (χ4n) is 4.75. The molecule has 0 amide bonds. The van der Waals surface area contributed by atoms with Crippen LogP contribution in [0.2, 0.25) is 0 Å². The number of terminal acetylenes is 1. The average molecular weight is 495 g/mol. The van der Waals surface area contributed by atoms with E-state index in [2.05, 4.69) is 26.1 Å². The standard InChI is InChI=1S/C27H28F2N4O3/c1-4-17-7-6-8-20(25(17)28)32-26-19-11-23(22(34-3)12-21(19)30-16-31-26)36-24-9-10-33(18-13-35-14-18)15-27(24,29)5-2/h1,6-8,11-12,16,18,24H,5,9-10,13-15H2,2-3H3,(H,30,31,32)/t24-,27?/m1/s1. The van der Waals surface area contributed by atoms with Crippen molar-refractivity contribution in [3.63, 3.8) is 0 Å². The molecule has 0 bridgehead atoms. The molecule has 36 heavy (non-hydrogen) atoms. The van der Waals surface area contributed by atoms with Gasteiger partial charge in [-0.05, 0) is 24.6 Å². The molecule has 1 aromatic heterocycles. The van der Waals surface area contributed by atoms with Gasteiger partial charge in [-0.3, -0.25) is 4.90 Å². The lowest BCUT2D eigenvalue weighted by atomic mass is 9.87. The van der Waals surface area contributed by atoms with Crippen LogP contribution in [0.5, 0.6) is 11.5 Å². The predicted octanol–water partition coefficient (Wildman–Crippen LogP) is 4.47. The number of nitrogens with one attached hydrogen (secondary N) is 1. The number of aromatic nitrogens is 2. The van der Waals surface area contributed by atoms with E-state index in [4.69, 9.17) is 20.6 Å². The van der Waals surface area contributed by atoms with E-state index in [0.29, 0.717) is 60.8 Å². The Morgan fingerprint density at radius 3 is 2.81 bits per heavy atom. The molecule has 2 saturated heterocycles. The Kier molecular flexibility index (Phi) is 6.65. The number of hydrogen-bond donors (Lipinski definition) is 1. The van der Waals surface area contributed by atoms with E-state index in [0.717, 1.165) is 6.54 Å². The minimum atomic E-state index is -1.53. The van der Waals surface area contributed by atoms with Gasteiger partial charge in [0, 0.05) is 31.0 Å². The van der Waals surface area contributed by atoms with Gasteiger partial charge in [-0.15, -0.1) is 6.42 Å². The first-order valence-electron chi connectivity index (χ1n) is 12.0. The van der Waals surface area contributed by atoms with Gasteiger partial charge < -0.3 is 19.5 Å². The number of nitrogens with zero attached hydrogens (tertiary/aromatic N) is 3. The van der Waals surface area contributed by atoms with Gasteiger partial charge in [0.05, 0.1) is 43.1 Å². The number of likely N-dealkylation sites (tertiary alicyclic amines) is 1. The monoisotopic (exact) mass is 494 g/mol. The molecule has 188 valence electrons. The molecule has 0 spiro atoms. The normalized spacial score (nSPS) is 22.6. The summed E-state index contributed by atoms with van der Waals surface area (Å²) in [4.78, 5) is 10.8.